The fourth-order valence-corrected chi connectivity index (χ4v) is 2.08. The number of hydrogen-bond acceptors (Lipinski definition) is 3. The van der Waals surface area contributed by atoms with Gasteiger partial charge in [0.25, 0.3) is 0 Å². The number of nitrogens with one attached hydrogen (secondary N) is 1. The normalized spacial score (nSPS) is 10.8. The van der Waals surface area contributed by atoms with Gasteiger partial charge in [-0.05, 0) is 30.3 Å². The standard InChI is InChI=1S/C14H13N3O2/c1-19-14(18)10-4-5-12-13(7-10)17(9-16-12)8-11-3-2-6-15-11/h2-7,9,15H,8H2,1H3. The number of aromatic amines is 1. The quantitative estimate of drug-likeness (QED) is 0.730. The fraction of sp³-hybridized carbons (Fsp3) is 0.143. The minimum Gasteiger partial charge on any atom is -0.465 e. The van der Waals surface area contributed by atoms with E-state index in [-0.39, 0.29) is 5.97 Å². The molecule has 96 valence electrons. The summed E-state index contributed by atoms with van der Waals surface area (Å²) in [6, 6.07) is 9.31. The Bertz CT molecular complexity index is 713. The molecule has 0 saturated carbocycles. The molecule has 5 heteroatoms. The summed E-state index contributed by atoms with van der Waals surface area (Å²) in [5, 5.41) is 0. The lowest BCUT2D eigenvalue weighted by molar-refractivity contribution is 0.0601. The van der Waals surface area contributed by atoms with Crippen molar-refractivity contribution in [3.05, 3.63) is 54.1 Å². The molecule has 0 radical (unpaired) electrons. The fourth-order valence-electron chi connectivity index (χ4n) is 2.08. The molecule has 0 fully saturated rings. The third kappa shape index (κ3) is 2.10. The van der Waals surface area contributed by atoms with E-state index in [0.717, 1.165) is 16.7 Å². The molecular formula is C14H13N3O2. The number of rotatable bonds is 3. The average molecular weight is 255 g/mol. The second-order valence-electron chi connectivity index (χ2n) is 4.26. The van der Waals surface area contributed by atoms with Crippen molar-refractivity contribution in [2.75, 3.05) is 7.11 Å². The van der Waals surface area contributed by atoms with Gasteiger partial charge in [0.1, 0.15) is 0 Å². The largest absolute Gasteiger partial charge is 0.465 e. The van der Waals surface area contributed by atoms with Crippen molar-refractivity contribution < 1.29 is 9.53 Å². The molecule has 1 aromatic carbocycles. The van der Waals surface area contributed by atoms with E-state index in [4.69, 9.17) is 4.74 Å². The highest BCUT2D eigenvalue weighted by atomic mass is 16.5. The zero-order valence-corrected chi connectivity index (χ0v) is 10.5. The maximum atomic E-state index is 11.5. The van der Waals surface area contributed by atoms with Crippen molar-refractivity contribution in [1.29, 1.82) is 0 Å². The molecule has 5 nitrogen and oxygen atoms in total. The Morgan fingerprint density at radius 2 is 2.32 bits per heavy atom. The Hall–Kier alpha value is -2.56. The zero-order chi connectivity index (χ0) is 13.2. The van der Waals surface area contributed by atoms with Gasteiger partial charge in [-0.1, -0.05) is 0 Å². The number of imidazole rings is 1. The number of methoxy groups -OCH3 is 1. The van der Waals surface area contributed by atoms with Crippen LogP contribution in [-0.2, 0) is 11.3 Å². The smallest absolute Gasteiger partial charge is 0.337 e. The first-order valence-electron chi connectivity index (χ1n) is 5.93. The van der Waals surface area contributed by atoms with Crippen LogP contribution in [0.3, 0.4) is 0 Å². The van der Waals surface area contributed by atoms with Gasteiger partial charge in [-0.3, -0.25) is 0 Å². The average Bonchev–Trinajstić information content (AvgIpc) is 3.08. The minimum absolute atomic E-state index is 0.338. The summed E-state index contributed by atoms with van der Waals surface area (Å²) in [6.45, 7) is 0.689. The van der Waals surface area contributed by atoms with Crippen molar-refractivity contribution in [3.8, 4) is 0 Å². The number of ether oxygens (including phenoxy) is 1. The van der Waals surface area contributed by atoms with Crippen molar-refractivity contribution in [2.24, 2.45) is 0 Å². The van der Waals surface area contributed by atoms with Crippen LogP contribution in [-0.4, -0.2) is 27.6 Å². The molecule has 0 aliphatic heterocycles. The number of H-pyrrole nitrogens is 1. The number of benzene rings is 1. The summed E-state index contributed by atoms with van der Waals surface area (Å²) >= 11 is 0. The Kier molecular flexibility index (Phi) is 2.79. The van der Waals surface area contributed by atoms with Crippen LogP contribution < -0.4 is 0 Å². The second-order valence-corrected chi connectivity index (χ2v) is 4.26. The molecule has 0 unspecified atom stereocenters. The van der Waals surface area contributed by atoms with Crippen molar-refractivity contribution in [1.82, 2.24) is 14.5 Å². The van der Waals surface area contributed by atoms with E-state index in [1.54, 1.807) is 18.5 Å². The Balaban J connectivity index is 2.03. The predicted octanol–water partition coefficient (Wildman–Crippen LogP) is 2.20. The number of esters is 1. The van der Waals surface area contributed by atoms with E-state index in [1.165, 1.54) is 7.11 Å². The number of hydrogen-bond donors (Lipinski definition) is 1. The van der Waals surface area contributed by atoms with Gasteiger partial charge in [-0.25, -0.2) is 9.78 Å². The summed E-state index contributed by atoms with van der Waals surface area (Å²) in [5.41, 5.74) is 3.39. The van der Waals surface area contributed by atoms with Crippen molar-refractivity contribution in [3.63, 3.8) is 0 Å². The topological polar surface area (TPSA) is 59.9 Å². The number of aromatic nitrogens is 3. The molecule has 1 N–H and O–H groups in total. The zero-order valence-electron chi connectivity index (χ0n) is 10.5. The van der Waals surface area contributed by atoms with Crippen LogP contribution in [0.4, 0.5) is 0 Å². The van der Waals surface area contributed by atoms with Gasteiger partial charge in [0.05, 0.1) is 36.6 Å². The van der Waals surface area contributed by atoms with Crippen LogP contribution in [0, 0.1) is 0 Å². The van der Waals surface area contributed by atoms with Crippen LogP contribution in [0.5, 0.6) is 0 Å². The maximum absolute atomic E-state index is 11.5. The maximum Gasteiger partial charge on any atom is 0.337 e. The van der Waals surface area contributed by atoms with Gasteiger partial charge in [-0.2, -0.15) is 0 Å². The van der Waals surface area contributed by atoms with Gasteiger partial charge in [0, 0.05) is 11.9 Å². The molecule has 3 rings (SSSR count). The van der Waals surface area contributed by atoms with Crippen LogP contribution in [0.1, 0.15) is 16.1 Å². The van der Waals surface area contributed by atoms with Crippen LogP contribution in [0.15, 0.2) is 42.9 Å². The van der Waals surface area contributed by atoms with Gasteiger partial charge in [-0.15, -0.1) is 0 Å². The first kappa shape index (κ1) is 11.5. The van der Waals surface area contributed by atoms with E-state index in [2.05, 4.69) is 9.97 Å². The van der Waals surface area contributed by atoms with Crippen molar-refractivity contribution in [2.45, 2.75) is 6.54 Å². The first-order chi connectivity index (χ1) is 9.28. The third-order valence-corrected chi connectivity index (χ3v) is 3.05. The van der Waals surface area contributed by atoms with E-state index < -0.39 is 0 Å². The molecule has 0 aliphatic rings. The van der Waals surface area contributed by atoms with Gasteiger partial charge >= 0.3 is 5.97 Å². The van der Waals surface area contributed by atoms with E-state index >= 15 is 0 Å². The minimum atomic E-state index is -0.338. The number of carbonyl (C=O) groups excluding carboxylic acids is 1. The summed E-state index contributed by atoms with van der Waals surface area (Å²) in [4.78, 5) is 19.0. The molecule has 0 atom stereocenters. The molecule has 3 aromatic rings. The highest BCUT2D eigenvalue weighted by Gasteiger charge is 2.09. The van der Waals surface area contributed by atoms with Gasteiger partial charge in [0.15, 0.2) is 0 Å². The summed E-state index contributed by atoms with van der Waals surface area (Å²) < 4.78 is 6.73. The number of fused-ring (bicyclic) bond motifs is 1. The van der Waals surface area contributed by atoms with Crippen LogP contribution in [0.25, 0.3) is 11.0 Å². The molecule has 19 heavy (non-hydrogen) atoms. The van der Waals surface area contributed by atoms with Gasteiger partial charge in [0.2, 0.25) is 0 Å². The monoisotopic (exact) mass is 255 g/mol. The molecule has 0 aliphatic carbocycles. The summed E-state index contributed by atoms with van der Waals surface area (Å²) in [6.07, 6.45) is 3.65. The summed E-state index contributed by atoms with van der Waals surface area (Å²) in [5.74, 6) is -0.338. The Morgan fingerprint density at radius 1 is 1.42 bits per heavy atom. The summed E-state index contributed by atoms with van der Waals surface area (Å²) in [7, 11) is 1.38. The molecule has 2 heterocycles. The molecule has 0 bridgehead atoms. The molecule has 0 spiro atoms. The van der Waals surface area contributed by atoms with E-state index in [0.29, 0.717) is 12.1 Å². The molecule has 0 saturated heterocycles. The number of nitrogens with zero attached hydrogens (tertiary/aromatic N) is 2. The van der Waals surface area contributed by atoms with Crippen LogP contribution >= 0.6 is 0 Å². The lowest BCUT2D eigenvalue weighted by atomic mass is 10.2. The highest BCUT2D eigenvalue weighted by molar-refractivity contribution is 5.93. The lowest BCUT2D eigenvalue weighted by Crippen LogP contribution is -2.02. The predicted molar refractivity (Wildman–Crippen MR) is 71.0 cm³/mol. The van der Waals surface area contributed by atoms with E-state index in [1.807, 2.05) is 29.0 Å². The molecule has 2 aromatic heterocycles. The number of carbonyl (C=O) groups is 1. The lowest BCUT2D eigenvalue weighted by Gasteiger charge is -2.04. The van der Waals surface area contributed by atoms with Crippen LogP contribution in [0.2, 0.25) is 0 Å². The molecule has 0 amide bonds. The molecular weight excluding hydrogens is 242 g/mol. The Morgan fingerprint density at radius 3 is 3.05 bits per heavy atom. The van der Waals surface area contributed by atoms with Gasteiger partial charge < -0.3 is 14.3 Å². The SMILES string of the molecule is COC(=O)c1ccc2ncn(Cc3ccc[nH]3)c2c1. The van der Waals surface area contributed by atoms with Crippen molar-refractivity contribution >= 4 is 17.0 Å². The highest BCUT2D eigenvalue weighted by Crippen LogP contribution is 2.16. The first-order valence-corrected chi connectivity index (χ1v) is 5.93. The Labute approximate surface area is 109 Å². The van der Waals surface area contributed by atoms with E-state index in [9.17, 15) is 4.79 Å². The third-order valence-electron chi connectivity index (χ3n) is 3.05. The second kappa shape index (κ2) is 4.61.